The van der Waals surface area contributed by atoms with E-state index in [-0.39, 0.29) is 17.7 Å². The molecule has 0 aliphatic rings. The van der Waals surface area contributed by atoms with E-state index >= 15 is 0 Å². The molecule has 0 saturated heterocycles. The van der Waals surface area contributed by atoms with Crippen LogP contribution in [-0.4, -0.2) is 23.5 Å². The highest BCUT2D eigenvalue weighted by atomic mass is 32.1. The maximum Gasteiger partial charge on any atom is 0.217 e. The number of ketones is 1. The molecule has 0 bridgehead atoms. The Morgan fingerprint density at radius 3 is 2.27 bits per heavy atom. The molecule has 1 atom stereocenters. The van der Waals surface area contributed by atoms with Crippen LogP contribution in [0.5, 0.6) is 0 Å². The molecule has 1 amide bonds. The maximum absolute atomic E-state index is 10.6. The highest BCUT2D eigenvalue weighted by molar-refractivity contribution is 7.80. The first kappa shape index (κ1) is 10.5. The van der Waals surface area contributed by atoms with Crippen molar-refractivity contribution in [2.75, 3.05) is 5.75 Å². The summed E-state index contributed by atoms with van der Waals surface area (Å²) in [5, 5.41) is 2.62. The Kier molecular flexibility index (Phi) is 4.94. The predicted molar refractivity (Wildman–Crippen MR) is 46.8 cm³/mol. The van der Waals surface area contributed by atoms with Gasteiger partial charge in [-0.15, -0.1) is 0 Å². The molecule has 0 aromatic heterocycles. The van der Waals surface area contributed by atoms with Crippen LogP contribution in [0.15, 0.2) is 0 Å². The Morgan fingerprint density at radius 1 is 1.45 bits per heavy atom. The Labute approximate surface area is 72.0 Å². The van der Waals surface area contributed by atoms with Gasteiger partial charge in [-0.3, -0.25) is 9.59 Å². The van der Waals surface area contributed by atoms with Gasteiger partial charge in [-0.25, -0.2) is 0 Å². The van der Waals surface area contributed by atoms with Crippen LogP contribution >= 0.6 is 12.6 Å². The second-order valence-electron chi connectivity index (χ2n) is 2.49. The number of amides is 1. The van der Waals surface area contributed by atoms with Crippen molar-refractivity contribution in [3.63, 3.8) is 0 Å². The lowest BCUT2D eigenvalue weighted by Crippen LogP contribution is -2.35. The lowest BCUT2D eigenvalue weighted by Gasteiger charge is -2.12. The average molecular weight is 175 g/mol. The van der Waals surface area contributed by atoms with E-state index in [1.165, 1.54) is 13.8 Å². The number of carbonyl (C=O) groups excluding carboxylic acids is 2. The van der Waals surface area contributed by atoms with Gasteiger partial charge in [-0.1, -0.05) is 0 Å². The zero-order valence-corrected chi connectivity index (χ0v) is 7.65. The molecular formula is C7H13NO2S. The molecule has 0 saturated carbocycles. The summed E-state index contributed by atoms with van der Waals surface area (Å²) in [5.41, 5.74) is 0. The van der Waals surface area contributed by atoms with Gasteiger partial charge in [-0.2, -0.15) is 12.6 Å². The van der Waals surface area contributed by atoms with Crippen molar-refractivity contribution in [3.8, 4) is 0 Å². The van der Waals surface area contributed by atoms with E-state index in [0.29, 0.717) is 12.2 Å². The monoisotopic (exact) mass is 175 g/mol. The van der Waals surface area contributed by atoms with E-state index in [0.717, 1.165) is 0 Å². The fourth-order valence-corrected chi connectivity index (χ4v) is 1.02. The van der Waals surface area contributed by atoms with E-state index in [1.54, 1.807) is 0 Å². The Hall–Kier alpha value is -0.510. The van der Waals surface area contributed by atoms with Gasteiger partial charge in [0.2, 0.25) is 5.91 Å². The topological polar surface area (TPSA) is 46.2 Å². The van der Waals surface area contributed by atoms with Gasteiger partial charge in [0.25, 0.3) is 0 Å². The van der Waals surface area contributed by atoms with Crippen LogP contribution in [-0.2, 0) is 9.59 Å². The second kappa shape index (κ2) is 5.18. The summed E-state index contributed by atoms with van der Waals surface area (Å²) in [5.74, 6) is 0.446. The summed E-state index contributed by atoms with van der Waals surface area (Å²) in [6.07, 6.45) is 0.364. The number of nitrogens with one attached hydrogen (secondary N) is 1. The lowest BCUT2D eigenvalue weighted by molar-refractivity contribution is -0.120. The van der Waals surface area contributed by atoms with E-state index in [1.807, 2.05) is 0 Å². The number of thiol groups is 1. The fraction of sp³-hybridized carbons (Fsp3) is 0.714. The van der Waals surface area contributed by atoms with E-state index < -0.39 is 0 Å². The minimum atomic E-state index is -0.120. The summed E-state index contributed by atoms with van der Waals surface area (Å²) in [7, 11) is 0. The van der Waals surface area contributed by atoms with Crippen molar-refractivity contribution in [2.24, 2.45) is 0 Å². The van der Waals surface area contributed by atoms with Crippen molar-refractivity contribution in [1.82, 2.24) is 5.32 Å². The first-order chi connectivity index (χ1) is 5.06. The van der Waals surface area contributed by atoms with Crippen molar-refractivity contribution >= 4 is 24.3 Å². The number of rotatable bonds is 4. The molecule has 11 heavy (non-hydrogen) atoms. The summed E-state index contributed by atoms with van der Waals surface area (Å²) in [6.45, 7) is 2.93. The van der Waals surface area contributed by atoms with E-state index in [4.69, 9.17) is 0 Å². The number of Topliss-reactive ketones (excluding diaryl/α,β-unsaturated/α-hetero) is 1. The second-order valence-corrected chi connectivity index (χ2v) is 2.85. The molecule has 0 aromatic rings. The Morgan fingerprint density at radius 2 is 2.00 bits per heavy atom. The molecule has 0 aliphatic carbocycles. The van der Waals surface area contributed by atoms with Crippen LogP contribution in [0.2, 0.25) is 0 Å². The fourth-order valence-electron chi connectivity index (χ4n) is 0.796. The molecule has 0 spiro atoms. The van der Waals surface area contributed by atoms with Crippen LogP contribution in [0, 0.1) is 0 Å². The van der Waals surface area contributed by atoms with Crippen molar-refractivity contribution in [3.05, 3.63) is 0 Å². The van der Waals surface area contributed by atoms with Gasteiger partial charge in [0.15, 0.2) is 0 Å². The summed E-state index contributed by atoms with van der Waals surface area (Å²) in [4.78, 5) is 21.1. The normalized spacial score (nSPS) is 12.3. The van der Waals surface area contributed by atoms with Crippen LogP contribution in [0.4, 0.5) is 0 Å². The zero-order valence-electron chi connectivity index (χ0n) is 6.76. The zero-order chi connectivity index (χ0) is 8.85. The van der Waals surface area contributed by atoms with Gasteiger partial charge < -0.3 is 5.32 Å². The number of hydrogen-bond acceptors (Lipinski definition) is 3. The van der Waals surface area contributed by atoms with Crippen molar-refractivity contribution in [1.29, 1.82) is 0 Å². The minimum absolute atomic E-state index is 0.0674. The summed E-state index contributed by atoms with van der Waals surface area (Å²) < 4.78 is 0. The van der Waals surface area contributed by atoms with E-state index in [2.05, 4.69) is 17.9 Å². The Bertz CT molecular complexity index is 143. The standard InChI is InChI=1S/C7H13NO2S/c1-5(9)3-7(4-11)8-6(2)10/h7,11H,3-4H2,1-2H3,(H,8,10)/t7-/m1/s1. The molecule has 0 heterocycles. The largest absolute Gasteiger partial charge is 0.352 e. The molecule has 1 N–H and O–H groups in total. The smallest absolute Gasteiger partial charge is 0.217 e. The molecule has 64 valence electrons. The molecule has 0 fully saturated rings. The third kappa shape index (κ3) is 5.91. The highest BCUT2D eigenvalue weighted by Crippen LogP contribution is 1.95. The minimum Gasteiger partial charge on any atom is -0.352 e. The molecule has 0 radical (unpaired) electrons. The van der Waals surface area contributed by atoms with Gasteiger partial charge in [-0.05, 0) is 6.92 Å². The third-order valence-corrected chi connectivity index (χ3v) is 1.60. The summed E-state index contributed by atoms with van der Waals surface area (Å²) in [6, 6.07) is -0.117. The molecule has 0 unspecified atom stereocenters. The van der Waals surface area contributed by atoms with Gasteiger partial charge in [0.05, 0.1) is 0 Å². The lowest BCUT2D eigenvalue weighted by atomic mass is 10.2. The molecule has 3 nitrogen and oxygen atoms in total. The van der Waals surface area contributed by atoms with Gasteiger partial charge in [0, 0.05) is 25.1 Å². The average Bonchev–Trinajstić information content (AvgIpc) is 1.84. The van der Waals surface area contributed by atoms with Gasteiger partial charge >= 0.3 is 0 Å². The predicted octanol–water partition coefficient (Wildman–Crippen LogP) is 0.400. The molecule has 0 aliphatic heterocycles. The van der Waals surface area contributed by atoms with Gasteiger partial charge in [0.1, 0.15) is 5.78 Å². The van der Waals surface area contributed by atoms with Crippen LogP contribution in [0.1, 0.15) is 20.3 Å². The number of hydrogen-bond donors (Lipinski definition) is 2. The molecule has 0 rings (SSSR count). The van der Waals surface area contributed by atoms with Crippen molar-refractivity contribution < 1.29 is 9.59 Å². The maximum atomic E-state index is 10.6. The van der Waals surface area contributed by atoms with Crippen molar-refractivity contribution in [2.45, 2.75) is 26.3 Å². The molecule has 4 heteroatoms. The Balaban J connectivity index is 3.76. The SMILES string of the molecule is CC(=O)C[C@H](CS)NC(C)=O. The van der Waals surface area contributed by atoms with Crippen LogP contribution in [0.25, 0.3) is 0 Å². The van der Waals surface area contributed by atoms with Crippen LogP contribution in [0.3, 0.4) is 0 Å². The quantitative estimate of drug-likeness (QED) is 0.607. The summed E-state index contributed by atoms with van der Waals surface area (Å²) >= 11 is 4.00. The van der Waals surface area contributed by atoms with Crippen LogP contribution < -0.4 is 5.32 Å². The first-order valence-corrected chi connectivity index (χ1v) is 4.07. The van der Waals surface area contributed by atoms with E-state index in [9.17, 15) is 9.59 Å². The number of carbonyl (C=O) groups is 2. The molecular weight excluding hydrogens is 162 g/mol. The first-order valence-electron chi connectivity index (χ1n) is 3.43. The third-order valence-electron chi connectivity index (χ3n) is 1.16. The highest BCUT2D eigenvalue weighted by Gasteiger charge is 2.09. The molecule has 0 aromatic carbocycles.